The Balaban J connectivity index is 0.00000408. The molecule has 11 heteroatoms. The van der Waals surface area contributed by atoms with Crippen molar-refractivity contribution >= 4 is 39.9 Å². The highest BCUT2D eigenvalue weighted by Gasteiger charge is 2.27. The second-order valence-corrected chi connectivity index (χ2v) is 10.1. The predicted octanol–water partition coefficient (Wildman–Crippen LogP) is 3.00. The molecule has 2 aromatic rings. The van der Waals surface area contributed by atoms with Crippen molar-refractivity contribution in [2.45, 2.75) is 38.3 Å². The summed E-state index contributed by atoms with van der Waals surface area (Å²) in [7, 11) is -3.21. The summed E-state index contributed by atoms with van der Waals surface area (Å²) in [5.41, 5.74) is 8.12. The first-order chi connectivity index (χ1) is 15.6. The van der Waals surface area contributed by atoms with Gasteiger partial charge in [0.25, 0.3) is 0 Å². The van der Waals surface area contributed by atoms with E-state index in [1.807, 2.05) is 19.1 Å². The number of carboxylic acids is 1. The Kier molecular flexibility index (Phi) is 9.31. The van der Waals surface area contributed by atoms with E-state index in [1.54, 1.807) is 30.3 Å². The number of sulfonamides is 1. The van der Waals surface area contributed by atoms with Crippen molar-refractivity contribution in [3.8, 4) is 5.75 Å². The lowest BCUT2D eigenvalue weighted by Gasteiger charge is -2.30. The lowest BCUT2D eigenvalue weighted by atomic mass is 10.0. The average Bonchev–Trinajstić information content (AvgIpc) is 2.77. The third kappa shape index (κ3) is 7.09. The summed E-state index contributed by atoms with van der Waals surface area (Å²) >= 11 is 0. The van der Waals surface area contributed by atoms with Gasteiger partial charge in [-0.3, -0.25) is 5.41 Å². The normalized spacial score (nSPS) is 15.7. The highest BCUT2D eigenvalue weighted by Crippen LogP contribution is 2.28. The number of anilines is 1. The molecule has 186 valence electrons. The molecule has 1 aliphatic heterocycles. The predicted molar refractivity (Wildman–Crippen MR) is 135 cm³/mol. The van der Waals surface area contributed by atoms with Gasteiger partial charge in [-0.05, 0) is 66.8 Å². The van der Waals surface area contributed by atoms with E-state index in [4.69, 9.17) is 15.9 Å². The summed E-state index contributed by atoms with van der Waals surface area (Å²) in [5, 5.41) is 20.4. The zero-order chi connectivity index (χ0) is 24.2. The number of rotatable bonds is 9. The van der Waals surface area contributed by atoms with Crippen LogP contribution in [0.2, 0.25) is 0 Å². The number of ether oxygens (including phenoxy) is 1. The Bertz CT molecular complexity index is 1120. The van der Waals surface area contributed by atoms with Gasteiger partial charge in [0, 0.05) is 24.3 Å². The maximum absolute atomic E-state index is 12.1. The first-order valence-electron chi connectivity index (χ1n) is 10.8. The second-order valence-electron chi connectivity index (χ2n) is 8.15. The number of benzene rings is 2. The molecule has 1 heterocycles. The van der Waals surface area contributed by atoms with Crippen LogP contribution in [0.5, 0.6) is 5.75 Å². The van der Waals surface area contributed by atoms with E-state index in [1.165, 1.54) is 10.6 Å². The van der Waals surface area contributed by atoms with E-state index in [-0.39, 0.29) is 24.3 Å². The minimum absolute atomic E-state index is 0. The van der Waals surface area contributed by atoms with E-state index in [9.17, 15) is 18.3 Å². The lowest BCUT2D eigenvalue weighted by Crippen LogP contribution is -2.41. The van der Waals surface area contributed by atoms with Gasteiger partial charge >= 0.3 is 5.97 Å². The number of nitrogens with zero attached hydrogens (tertiary/aromatic N) is 1. The molecule has 1 aliphatic rings. The molecule has 2 aromatic carbocycles. The van der Waals surface area contributed by atoms with Crippen LogP contribution in [0.1, 0.15) is 42.5 Å². The van der Waals surface area contributed by atoms with Gasteiger partial charge in [-0.15, -0.1) is 12.4 Å². The Morgan fingerprint density at radius 2 is 1.85 bits per heavy atom. The standard InChI is InChI=1S/C23H30N4O5S.ClH/c1-3-15-12-17(21(23(28)29)26-18-6-4-16(5-7-18)22(24)25)14-20(13-15)32-19-8-10-27(11-9-19)33(2,30)31;/h4-7,12-14,19,21,26H,3,8-11H2,1-2H3,(H3,24,25)(H,28,29);1H. The molecule has 9 nitrogen and oxygen atoms in total. The quantitative estimate of drug-likeness (QED) is 0.299. The topological polar surface area (TPSA) is 146 Å². The van der Waals surface area contributed by atoms with Crippen LogP contribution in [0, 0.1) is 5.41 Å². The fourth-order valence-corrected chi connectivity index (χ4v) is 4.67. The number of carbonyl (C=O) groups is 1. The zero-order valence-corrected chi connectivity index (χ0v) is 20.8. The fourth-order valence-electron chi connectivity index (χ4n) is 3.80. The van der Waals surface area contributed by atoms with Crippen LogP contribution in [0.3, 0.4) is 0 Å². The Hall–Kier alpha value is -2.82. The molecule has 0 spiro atoms. The van der Waals surface area contributed by atoms with Crippen LogP contribution >= 0.6 is 12.4 Å². The van der Waals surface area contributed by atoms with Crippen molar-refractivity contribution < 1.29 is 23.1 Å². The molecule has 5 N–H and O–H groups in total. The van der Waals surface area contributed by atoms with Gasteiger partial charge in [0.2, 0.25) is 10.0 Å². The van der Waals surface area contributed by atoms with Gasteiger partial charge in [0.15, 0.2) is 6.04 Å². The van der Waals surface area contributed by atoms with Gasteiger partial charge in [0.1, 0.15) is 17.7 Å². The van der Waals surface area contributed by atoms with Crippen molar-refractivity contribution in [1.29, 1.82) is 5.41 Å². The average molecular weight is 511 g/mol. The zero-order valence-electron chi connectivity index (χ0n) is 19.2. The fraction of sp³-hybridized carbons (Fsp3) is 0.391. The molecule has 3 rings (SSSR count). The maximum Gasteiger partial charge on any atom is 0.330 e. The molecule has 1 fully saturated rings. The van der Waals surface area contributed by atoms with E-state index in [2.05, 4.69) is 5.32 Å². The monoisotopic (exact) mass is 510 g/mol. The first kappa shape index (κ1) is 27.4. The van der Waals surface area contributed by atoms with Crippen LogP contribution in [-0.2, 0) is 21.2 Å². The molecular weight excluding hydrogens is 480 g/mol. The van der Waals surface area contributed by atoms with Crippen molar-refractivity contribution in [3.05, 3.63) is 59.2 Å². The van der Waals surface area contributed by atoms with Crippen LogP contribution in [0.15, 0.2) is 42.5 Å². The van der Waals surface area contributed by atoms with Gasteiger partial charge in [-0.1, -0.05) is 13.0 Å². The molecule has 0 aromatic heterocycles. The van der Waals surface area contributed by atoms with Crippen LogP contribution in [-0.4, -0.2) is 55.1 Å². The maximum atomic E-state index is 12.1. The number of hydrogen-bond acceptors (Lipinski definition) is 6. The smallest absolute Gasteiger partial charge is 0.330 e. The highest BCUT2D eigenvalue weighted by atomic mass is 35.5. The number of amidine groups is 1. The molecule has 1 saturated heterocycles. The van der Waals surface area contributed by atoms with Crippen molar-refractivity contribution in [2.75, 3.05) is 24.7 Å². The Morgan fingerprint density at radius 1 is 1.24 bits per heavy atom. The van der Waals surface area contributed by atoms with E-state index >= 15 is 0 Å². The summed E-state index contributed by atoms with van der Waals surface area (Å²) in [6.07, 6.45) is 2.91. The number of carboxylic acid groups (broad SMARTS) is 1. The molecule has 0 amide bonds. The van der Waals surface area contributed by atoms with Crippen LogP contribution < -0.4 is 15.8 Å². The number of hydrogen-bond donors (Lipinski definition) is 4. The SMILES string of the molecule is CCc1cc(OC2CCN(S(C)(=O)=O)CC2)cc(C(Nc2ccc(C(=N)N)cc2)C(=O)O)c1.Cl. The number of nitrogens with one attached hydrogen (secondary N) is 2. The number of nitrogens with two attached hydrogens (primary N) is 1. The molecular formula is C23H31ClN4O5S. The molecule has 0 radical (unpaired) electrons. The number of nitrogen functional groups attached to an aromatic ring is 1. The summed E-state index contributed by atoms with van der Waals surface area (Å²) < 4.78 is 31.0. The Morgan fingerprint density at radius 3 is 2.35 bits per heavy atom. The number of piperidine rings is 1. The molecule has 34 heavy (non-hydrogen) atoms. The third-order valence-corrected chi connectivity index (χ3v) is 6.96. The molecule has 0 bridgehead atoms. The highest BCUT2D eigenvalue weighted by molar-refractivity contribution is 7.88. The molecule has 1 atom stereocenters. The second kappa shape index (κ2) is 11.5. The van der Waals surface area contributed by atoms with E-state index < -0.39 is 22.0 Å². The molecule has 0 saturated carbocycles. The van der Waals surface area contributed by atoms with Crippen molar-refractivity contribution in [1.82, 2.24) is 4.31 Å². The lowest BCUT2D eigenvalue weighted by molar-refractivity contribution is -0.138. The molecule has 0 aliphatic carbocycles. The van der Waals surface area contributed by atoms with Gasteiger partial charge in [0.05, 0.1) is 6.26 Å². The first-order valence-corrected chi connectivity index (χ1v) is 12.6. The summed E-state index contributed by atoms with van der Waals surface area (Å²) in [6.45, 7) is 2.79. The van der Waals surface area contributed by atoms with Gasteiger partial charge < -0.3 is 20.9 Å². The summed E-state index contributed by atoms with van der Waals surface area (Å²) in [6, 6.07) is 11.1. The largest absolute Gasteiger partial charge is 0.490 e. The van der Waals surface area contributed by atoms with Gasteiger partial charge in [-0.25, -0.2) is 17.5 Å². The van der Waals surface area contributed by atoms with Crippen molar-refractivity contribution in [2.24, 2.45) is 5.73 Å². The van der Waals surface area contributed by atoms with Crippen LogP contribution in [0.25, 0.3) is 0 Å². The minimum atomic E-state index is -3.21. The number of halogens is 1. The van der Waals surface area contributed by atoms with Gasteiger partial charge in [-0.2, -0.15) is 0 Å². The summed E-state index contributed by atoms with van der Waals surface area (Å²) in [4.78, 5) is 12.1. The minimum Gasteiger partial charge on any atom is -0.490 e. The molecule has 1 unspecified atom stereocenters. The third-order valence-electron chi connectivity index (χ3n) is 5.66. The van der Waals surface area contributed by atoms with E-state index in [0.29, 0.717) is 54.9 Å². The number of aryl methyl sites for hydroxylation is 1. The van der Waals surface area contributed by atoms with Crippen molar-refractivity contribution in [3.63, 3.8) is 0 Å². The van der Waals surface area contributed by atoms with Crippen LogP contribution in [0.4, 0.5) is 5.69 Å². The Labute approximate surface area is 206 Å². The van der Waals surface area contributed by atoms with E-state index in [0.717, 1.165) is 5.56 Å². The number of aliphatic carboxylic acids is 1. The summed E-state index contributed by atoms with van der Waals surface area (Å²) in [5.74, 6) is -0.524.